The fourth-order valence-electron chi connectivity index (χ4n) is 3.01. The molecule has 1 heterocycles. The number of benzene rings is 2. The number of hydrogen-bond donors (Lipinski definition) is 2. The van der Waals surface area contributed by atoms with E-state index in [9.17, 15) is 22.4 Å². The maximum atomic E-state index is 13.0. The van der Waals surface area contributed by atoms with E-state index in [2.05, 4.69) is 5.32 Å². The summed E-state index contributed by atoms with van der Waals surface area (Å²) in [4.78, 5) is 25.2. The molecule has 29 heavy (non-hydrogen) atoms. The number of anilines is 1. The number of piperazine rings is 1. The molecule has 0 aliphatic carbocycles. The van der Waals surface area contributed by atoms with Crippen molar-refractivity contribution in [3.63, 3.8) is 0 Å². The summed E-state index contributed by atoms with van der Waals surface area (Å²) in [5.41, 5.74) is 6.07. The van der Waals surface area contributed by atoms with Gasteiger partial charge in [0.2, 0.25) is 21.8 Å². The quantitative estimate of drug-likeness (QED) is 0.720. The van der Waals surface area contributed by atoms with Crippen molar-refractivity contribution in [3.05, 3.63) is 59.9 Å². The van der Waals surface area contributed by atoms with Gasteiger partial charge in [-0.1, -0.05) is 0 Å². The Morgan fingerprint density at radius 3 is 2.10 bits per heavy atom. The van der Waals surface area contributed by atoms with Crippen LogP contribution in [0, 0.1) is 5.82 Å². The molecule has 0 radical (unpaired) electrons. The van der Waals surface area contributed by atoms with E-state index in [-0.39, 0.29) is 30.4 Å². The van der Waals surface area contributed by atoms with E-state index in [0.29, 0.717) is 24.3 Å². The number of nitrogens with two attached hydrogens (primary N) is 1. The van der Waals surface area contributed by atoms with Crippen molar-refractivity contribution in [1.82, 2.24) is 9.21 Å². The van der Waals surface area contributed by atoms with Gasteiger partial charge in [-0.05, 0) is 48.5 Å². The first-order valence-electron chi connectivity index (χ1n) is 8.93. The summed E-state index contributed by atoms with van der Waals surface area (Å²) in [5, 5.41) is 2.73. The van der Waals surface area contributed by atoms with Crippen LogP contribution in [0.5, 0.6) is 0 Å². The Balaban J connectivity index is 1.52. The van der Waals surface area contributed by atoms with Crippen molar-refractivity contribution in [2.75, 3.05) is 38.0 Å². The standard InChI is InChI=1S/C19H21FN4O4S/c20-15-3-7-17(8-4-15)29(27,28)24-11-9-23(10-12-24)13-18(25)22-16-5-1-14(2-6-16)19(21)26/h1-8H,9-13H2,(H2,21,26)(H,22,25). The molecule has 1 saturated heterocycles. The van der Waals surface area contributed by atoms with E-state index in [0.717, 1.165) is 12.1 Å². The minimum Gasteiger partial charge on any atom is -0.366 e. The van der Waals surface area contributed by atoms with Gasteiger partial charge in [0, 0.05) is 37.4 Å². The predicted molar refractivity (Wildman–Crippen MR) is 105 cm³/mol. The summed E-state index contributed by atoms with van der Waals surface area (Å²) in [6.45, 7) is 1.38. The molecule has 0 unspecified atom stereocenters. The third-order valence-corrected chi connectivity index (χ3v) is 6.52. The lowest BCUT2D eigenvalue weighted by molar-refractivity contribution is -0.117. The highest BCUT2D eigenvalue weighted by atomic mass is 32.2. The number of hydrogen-bond acceptors (Lipinski definition) is 5. The minimum atomic E-state index is -3.69. The molecule has 1 aliphatic rings. The van der Waals surface area contributed by atoms with Crippen LogP contribution in [0.4, 0.5) is 10.1 Å². The molecular weight excluding hydrogens is 399 g/mol. The van der Waals surface area contributed by atoms with Gasteiger partial charge in [0.1, 0.15) is 5.82 Å². The van der Waals surface area contributed by atoms with Crippen LogP contribution in [0.25, 0.3) is 0 Å². The van der Waals surface area contributed by atoms with Crippen molar-refractivity contribution in [3.8, 4) is 0 Å². The SMILES string of the molecule is NC(=O)c1ccc(NC(=O)CN2CCN(S(=O)(=O)c3ccc(F)cc3)CC2)cc1. The first-order valence-corrected chi connectivity index (χ1v) is 10.4. The molecule has 154 valence electrons. The molecule has 1 aliphatic heterocycles. The van der Waals surface area contributed by atoms with E-state index < -0.39 is 21.7 Å². The molecule has 0 atom stereocenters. The van der Waals surface area contributed by atoms with Crippen molar-refractivity contribution in [1.29, 1.82) is 0 Å². The van der Waals surface area contributed by atoms with Gasteiger partial charge in [0.25, 0.3) is 0 Å². The van der Waals surface area contributed by atoms with E-state index >= 15 is 0 Å². The van der Waals surface area contributed by atoms with Crippen molar-refractivity contribution in [2.45, 2.75) is 4.90 Å². The molecule has 2 amide bonds. The van der Waals surface area contributed by atoms with Crippen LogP contribution in [-0.4, -0.2) is 62.2 Å². The zero-order chi connectivity index (χ0) is 21.0. The molecule has 3 N–H and O–H groups in total. The second-order valence-corrected chi connectivity index (χ2v) is 8.56. The second-order valence-electron chi connectivity index (χ2n) is 6.62. The van der Waals surface area contributed by atoms with E-state index in [1.807, 2.05) is 4.90 Å². The topological polar surface area (TPSA) is 113 Å². The molecule has 10 heteroatoms. The van der Waals surface area contributed by atoms with E-state index in [4.69, 9.17) is 5.73 Å². The van der Waals surface area contributed by atoms with E-state index in [1.54, 1.807) is 12.1 Å². The molecule has 0 aromatic heterocycles. The molecule has 3 rings (SSSR count). The fraction of sp³-hybridized carbons (Fsp3) is 0.263. The maximum absolute atomic E-state index is 13.0. The van der Waals surface area contributed by atoms with Crippen LogP contribution < -0.4 is 11.1 Å². The van der Waals surface area contributed by atoms with Gasteiger partial charge in [-0.2, -0.15) is 4.31 Å². The lowest BCUT2D eigenvalue weighted by Crippen LogP contribution is -2.50. The van der Waals surface area contributed by atoms with Gasteiger partial charge < -0.3 is 11.1 Å². The van der Waals surface area contributed by atoms with E-state index in [1.165, 1.54) is 28.6 Å². The lowest BCUT2D eigenvalue weighted by atomic mass is 10.2. The Morgan fingerprint density at radius 2 is 1.55 bits per heavy atom. The summed E-state index contributed by atoms with van der Waals surface area (Å²) < 4.78 is 39.6. The second kappa shape index (κ2) is 8.68. The zero-order valence-electron chi connectivity index (χ0n) is 15.5. The predicted octanol–water partition coefficient (Wildman–Crippen LogP) is 0.870. The Kier molecular flexibility index (Phi) is 6.26. The first-order chi connectivity index (χ1) is 13.8. The van der Waals surface area contributed by atoms with Gasteiger partial charge >= 0.3 is 0 Å². The van der Waals surface area contributed by atoms with Crippen LogP contribution in [0.1, 0.15) is 10.4 Å². The van der Waals surface area contributed by atoms with Crippen molar-refractivity contribution in [2.24, 2.45) is 5.73 Å². The Hall–Kier alpha value is -2.82. The van der Waals surface area contributed by atoms with Crippen LogP contribution in [0.15, 0.2) is 53.4 Å². The Morgan fingerprint density at radius 1 is 0.966 bits per heavy atom. The van der Waals surface area contributed by atoms with Gasteiger partial charge in [-0.25, -0.2) is 12.8 Å². The third-order valence-electron chi connectivity index (χ3n) is 4.60. The zero-order valence-corrected chi connectivity index (χ0v) is 16.4. The number of nitrogens with zero attached hydrogens (tertiary/aromatic N) is 2. The average molecular weight is 420 g/mol. The molecule has 2 aromatic rings. The Bertz CT molecular complexity index is 986. The largest absolute Gasteiger partial charge is 0.366 e. The number of amides is 2. The summed E-state index contributed by atoms with van der Waals surface area (Å²) in [5.74, 6) is -1.29. The smallest absolute Gasteiger partial charge is 0.248 e. The number of carbonyl (C=O) groups excluding carboxylic acids is 2. The molecule has 0 spiro atoms. The van der Waals surface area contributed by atoms with Crippen LogP contribution >= 0.6 is 0 Å². The highest BCUT2D eigenvalue weighted by Gasteiger charge is 2.29. The van der Waals surface area contributed by atoms with Crippen LogP contribution in [-0.2, 0) is 14.8 Å². The molecule has 0 bridgehead atoms. The number of sulfonamides is 1. The van der Waals surface area contributed by atoms with Crippen LogP contribution in [0.3, 0.4) is 0 Å². The summed E-state index contributed by atoms with van der Waals surface area (Å²) in [6, 6.07) is 10.9. The fourth-order valence-corrected chi connectivity index (χ4v) is 4.43. The monoisotopic (exact) mass is 420 g/mol. The molecule has 2 aromatic carbocycles. The molecule has 1 fully saturated rings. The number of halogens is 1. The molecule has 8 nitrogen and oxygen atoms in total. The number of nitrogens with one attached hydrogen (secondary N) is 1. The van der Waals surface area contributed by atoms with Crippen molar-refractivity contribution >= 4 is 27.5 Å². The lowest BCUT2D eigenvalue weighted by Gasteiger charge is -2.33. The highest BCUT2D eigenvalue weighted by Crippen LogP contribution is 2.18. The number of rotatable bonds is 6. The summed E-state index contributed by atoms with van der Waals surface area (Å²) in [7, 11) is -3.69. The molecule has 0 saturated carbocycles. The number of primary amides is 1. The molecular formula is C19H21FN4O4S. The Labute approximate surface area is 168 Å². The first kappa shape index (κ1) is 20.9. The average Bonchev–Trinajstić information content (AvgIpc) is 2.69. The third kappa shape index (κ3) is 5.17. The summed E-state index contributed by atoms with van der Waals surface area (Å²) >= 11 is 0. The van der Waals surface area contributed by atoms with Gasteiger partial charge in [-0.3, -0.25) is 14.5 Å². The maximum Gasteiger partial charge on any atom is 0.248 e. The van der Waals surface area contributed by atoms with Gasteiger partial charge in [0.05, 0.1) is 11.4 Å². The van der Waals surface area contributed by atoms with Gasteiger partial charge in [-0.15, -0.1) is 0 Å². The van der Waals surface area contributed by atoms with Crippen molar-refractivity contribution < 1.29 is 22.4 Å². The number of carbonyl (C=O) groups is 2. The minimum absolute atomic E-state index is 0.0458. The summed E-state index contributed by atoms with van der Waals surface area (Å²) in [6.07, 6.45) is 0. The van der Waals surface area contributed by atoms with Gasteiger partial charge in [0.15, 0.2) is 0 Å². The normalized spacial score (nSPS) is 15.8. The van der Waals surface area contributed by atoms with Crippen LogP contribution in [0.2, 0.25) is 0 Å². The highest BCUT2D eigenvalue weighted by molar-refractivity contribution is 7.89.